The van der Waals surface area contributed by atoms with Crippen LogP contribution in [0.15, 0.2) is 28.5 Å². The van der Waals surface area contributed by atoms with E-state index in [1.54, 1.807) is 23.5 Å². The summed E-state index contributed by atoms with van der Waals surface area (Å²) >= 11 is 2.98. The fraction of sp³-hybridized carbons (Fsp3) is 0.167. The Balaban J connectivity index is 2.07. The highest BCUT2D eigenvalue weighted by Crippen LogP contribution is 2.26. The average Bonchev–Trinajstić information content (AvgIpc) is 2.73. The zero-order chi connectivity index (χ0) is 12.3. The van der Waals surface area contributed by atoms with Crippen LogP contribution in [0.3, 0.4) is 0 Å². The highest BCUT2D eigenvalue weighted by atomic mass is 32.2. The van der Waals surface area contributed by atoms with Crippen molar-refractivity contribution in [1.82, 2.24) is 4.98 Å². The first kappa shape index (κ1) is 12.1. The lowest BCUT2D eigenvalue weighted by molar-refractivity contribution is 0.601. The number of halogens is 1. The van der Waals surface area contributed by atoms with Gasteiger partial charge in [0.2, 0.25) is 0 Å². The summed E-state index contributed by atoms with van der Waals surface area (Å²) in [5.41, 5.74) is 1.30. The quantitative estimate of drug-likeness (QED) is 0.792. The van der Waals surface area contributed by atoms with Gasteiger partial charge in [0, 0.05) is 16.0 Å². The number of rotatable bonds is 3. The molecule has 0 saturated heterocycles. The van der Waals surface area contributed by atoms with Gasteiger partial charge in [-0.25, -0.2) is 9.37 Å². The molecule has 0 spiro atoms. The van der Waals surface area contributed by atoms with Gasteiger partial charge in [0.15, 0.2) is 0 Å². The van der Waals surface area contributed by atoms with Gasteiger partial charge in [0.1, 0.15) is 5.82 Å². The zero-order valence-electron chi connectivity index (χ0n) is 9.11. The molecule has 2 nitrogen and oxygen atoms in total. The Morgan fingerprint density at radius 3 is 2.94 bits per heavy atom. The Hall–Kier alpha value is -1.38. The Morgan fingerprint density at radius 1 is 1.53 bits per heavy atom. The van der Waals surface area contributed by atoms with Crippen LogP contribution >= 0.6 is 23.1 Å². The van der Waals surface area contributed by atoms with Crippen LogP contribution in [0.25, 0.3) is 0 Å². The van der Waals surface area contributed by atoms with Crippen LogP contribution in [0.4, 0.5) is 4.39 Å². The second-order valence-electron chi connectivity index (χ2n) is 3.40. The van der Waals surface area contributed by atoms with Gasteiger partial charge in [0.05, 0.1) is 22.3 Å². The molecule has 0 fully saturated rings. The summed E-state index contributed by atoms with van der Waals surface area (Å²) in [6.07, 6.45) is 0. The molecule has 17 heavy (non-hydrogen) atoms. The van der Waals surface area contributed by atoms with Crippen molar-refractivity contribution < 1.29 is 4.39 Å². The topological polar surface area (TPSA) is 36.7 Å². The maximum atomic E-state index is 13.6. The fourth-order valence-electron chi connectivity index (χ4n) is 1.31. The zero-order valence-corrected chi connectivity index (χ0v) is 10.7. The molecule has 0 saturated carbocycles. The molecular formula is C12H9FN2S2. The van der Waals surface area contributed by atoms with Gasteiger partial charge in [-0.15, -0.1) is 23.1 Å². The molecule has 86 valence electrons. The van der Waals surface area contributed by atoms with Crippen LogP contribution < -0.4 is 0 Å². The van der Waals surface area contributed by atoms with Gasteiger partial charge in [0.25, 0.3) is 0 Å². The Bertz CT molecular complexity index is 572. The summed E-state index contributed by atoms with van der Waals surface area (Å²) in [7, 11) is 0. The van der Waals surface area contributed by atoms with Gasteiger partial charge in [-0.3, -0.25) is 0 Å². The Kier molecular flexibility index (Phi) is 3.77. The lowest BCUT2D eigenvalue weighted by Gasteiger charge is -2.01. The lowest BCUT2D eigenvalue weighted by Crippen LogP contribution is -1.86. The number of nitriles is 1. The van der Waals surface area contributed by atoms with E-state index in [2.05, 4.69) is 4.98 Å². The summed E-state index contributed by atoms with van der Waals surface area (Å²) in [5, 5.41) is 11.6. The number of benzene rings is 1. The van der Waals surface area contributed by atoms with Gasteiger partial charge in [-0.2, -0.15) is 5.26 Å². The molecule has 0 bridgehead atoms. The molecule has 0 atom stereocenters. The van der Waals surface area contributed by atoms with Gasteiger partial charge >= 0.3 is 0 Å². The van der Waals surface area contributed by atoms with E-state index in [1.165, 1.54) is 17.8 Å². The van der Waals surface area contributed by atoms with Crippen molar-refractivity contribution in [3.05, 3.63) is 45.7 Å². The Labute approximate surface area is 107 Å². The first-order chi connectivity index (χ1) is 8.19. The van der Waals surface area contributed by atoms with Crippen molar-refractivity contribution in [1.29, 1.82) is 5.26 Å². The first-order valence-corrected chi connectivity index (χ1v) is 6.79. The number of nitrogens with zero attached hydrogens (tertiary/aromatic N) is 2. The summed E-state index contributed by atoms with van der Waals surface area (Å²) in [4.78, 5) is 4.86. The highest BCUT2D eigenvalue weighted by molar-refractivity contribution is 7.98. The molecule has 5 heteroatoms. The van der Waals surface area contributed by atoms with Gasteiger partial charge < -0.3 is 0 Å². The van der Waals surface area contributed by atoms with Crippen molar-refractivity contribution in [3.63, 3.8) is 0 Å². The first-order valence-electron chi connectivity index (χ1n) is 4.92. The van der Waals surface area contributed by atoms with E-state index in [1.807, 2.05) is 18.4 Å². The molecule has 0 amide bonds. The summed E-state index contributed by atoms with van der Waals surface area (Å²) in [6, 6.07) is 6.43. The third-order valence-corrected chi connectivity index (χ3v) is 4.01. The van der Waals surface area contributed by atoms with E-state index in [0.29, 0.717) is 16.2 Å². The van der Waals surface area contributed by atoms with Crippen molar-refractivity contribution in [2.45, 2.75) is 17.6 Å². The van der Waals surface area contributed by atoms with Crippen LogP contribution in [-0.2, 0) is 5.75 Å². The summed E-state index contributed by atoms with van der Waals surface area (Å²) < 4.78 is 13.6. The molecule has 2 aromatic rings. The van der Waals surface area contributed by atoms with Crippen LogP contribution in [0.1, 0.15) is 16.3 Å². The average molecular weight is 264 g/mol. The molecule has 1 heterocycles. The smallest absolute Gasteiger partial charge is 0.138 e. The minimum atomic E-state index is -0.346. The maximum absolute atomic E-state index is 13.6. The fourth-order valence-corrected chi connectivity index (χ4v) is 2.84. The number of hydrogen-bond donors (Lipinski definition) is 0. The molecule has 1 aromatic carbocycles. The van der Waals surface area contributed by atoms with Gasteiger partial charge in [-0.05, 0) is 25.1 Å². The second kappa shape index (κ2) is 5.30. The number of thiazole rings is 1. The minimum absolute atomic E-state index is 0.344. The SMILES string of the molecule is Cc1nc(CSc2ccc(C#N)cc2F)cs1. The van der Waals surface area contributed by atoms with Crippen molar-refractivity contribution in [3.8, 4) is 6.07 Å². The van der Waals surface area contributed by atoms with Crippen LogP contribution in [0.5, 0.6) is 0 Å². The standard InChI is InChI=1S/C12H9FN2S2/c1-8-15-10(6-16-8)7-17-12-3-2-9(5-14)4-11(12)13/h2-4,6H,7H2,1H3. The maximum Gasteiger partial charge on any atom is 0.138 e. The van der Waals surface area contributed by atoms with E-state index >= 15 is 0 Å². The highest BCUT2D eigenvalue weighted by Gasteiger charge is 2.06. The molecule has 0 aliphatic carbocycles. The predicted octanol–water partition coefficient (Wildman–Crippen LogP) is 3.75. The van der Waals surface area contributed by atoms with Gasteiger partial charge in [-0.1, -0.05) is 0 Å². The van der Waals surface area contributed by atoms with Crippen LogP contribution in [-0.4, -0.2) is 4.98 Å². The summed E-state index contributed by atoms with van der Waals surface area (Å²) in [5.74, 6) is 0.300. The van der Waals surface area contributed by atoms with Crippen molar-refractivity contribution in [2.24, 2.45) is 0 Å². The third kappa shape index (κ3) is 3.05. The van der Waals surface area contributed by atoms with E-state index in [0.717, 1.165) is 10.7 Å². The molecule has 0 aliphatic rings. The molecular weight excluding hydrogens is 255 g/mol. The van der Waals surface area contributed by atoms with Crippen molar-refractivity contribution >= 4 is 23.1 Å². The van der Waals surface area contributed by atoms with E-state index in [-0.39, 0.29) is 5.82 Å². The van der Waals surface area contributed by atoms with E-state index in [9.17, 15) is 4.39 Å². The number of aryl methyl sites for hydroxylation is 1. The monoisotopic (exact) mass is 264 g/mol. The van der Waals surface area contributed by atoms with E-state index < -0.39 is 0 Å². The lowest BCUT2D eigenvalue weighted by atomic mass is 10.2. The van der Waals surface area contributed by atoms with Crippen LogP contribution in [0.2, 0.25) is 0 Å². The number of hydrogen-bond acceptors (Lipinski definition) is 4. The molecule has 2 rings (SSSR count). The van der Waals surface area contributed by atoms with Crippen molar-refractivity contribution in [2.75, 3.05) is 0 Å². The largest absolute Gasteiger partial charge is 0.246 e. The summed E-state index contributed by atoms with van der Waals surface area (Å²) in [6.45, 7) is 1.95. The molecule has 0 N–H and O–H groups in total. The predicted molar refractivity (Wildman–Crippen MR) is 67.5 cm³/mol. The molecule has 0 unspecified atom stereocenters. The number of aromatic nitrogens is 1. The number of thioether (sulfide) groups is 1. The third-order valence-electron chi connectivity index (χ3n) is 2.10. The minimum Gasteiger partial charge on any atom is -0.246 e. The molecule has 0 aliphatic heterocycles. The molecule has 0 radical (unpaired) electrons. The van der Waals surface area contributed by atoms with E-state index in [4.69, 9.17) is 5.26 Å². The second-order valence-corrected chi connectivity index (χ2v) is 5.48. The molecule has 1 aromatic heterocycles. The normalized spacial score (nSPS) is 10.2. The van der Waals surface area contributed by atoms with Crippen LogP contribution in [0, 0.1) is 24.1 Å². The Morgan fingerprint density at radius 2 is 2.35 bits per heavy atom.